The molecular formula is C22H27N3O5. The number of alkyl carbamates (subject to hydrolysis) is 1. The Morgan fingerprint density at radius 3 is 2.00 bits per heavy atom. The van der Waals surface area contributed by atoms with E-state index >= 15 is 0 Å². The molecule has 4 N–H and O–H groups in total. The molecule has 160 valence electrons. The van der Waals surface area contributed by atoms with Crippen molar-refractivity contribution in [3.05, 3.63) is 71.8 Å². The van der Waals surface area contributed by atoms with Gasteiger partial charge in [-0.15, -0.1) is 0 Å². The van der Waals surface area contributed by atoms with Crippen LogP contribution in [0.3, 0.4) is 0 Å². The van der Waals surface area contributed by atoms with Crippen molar-refractivity contribution in [1.29, 1.82) is 0 Å². The third-order valence-electron chi connectivity index (χ3n) is 4.41. The zero-order chi connectivity index (χ0) is 21.9. The van der Waals surface area contributed by atoms with Crippen LogP contribution in [0.15, 0.2) is 60.7 Å². The van der Waals surface area contributed by atoms with E-state index in [1.54, 1.807) is 12.1 Å². The van der Waals surface area contributed by atoms with Crippen molar-refractivity contribution in [1.82, 2.24) is 16.0 Å². The third-order valence-corrected chi connectivity index (χ3v) is 4.41. The molecule has 8 heteroatoms. The molecule has 2 aromatic carbocycles. The number of nitrogens with one attached hydrogen (secondary N) is 3. The molecule has 0 saturated heterocycles. The van der Waals surface area contributed by atoms with E-state index < -0.39 is 30.2 Å². The highest BCUT2D eigenvalue weighted by molar-refractivity contribution is 5.91. The number of hydrogen-bond acceptors (Lipinski definition) is 5. The Bertz CT molecular complexity index is 827. The minimum Gasteiger partial charge on any atom is -0.445 e. The third kappa shape index (κ3) is 7.21. The van der Waals surface area contributed by atoms with Gasteiger partial charge in [0.15, 0.2) is 0 Å². The van der Waals surface area contributed by atoms with E-state index in [2.05, 4.69) is 16.0 Å². The molecule has 0 aliphatic rings. The second-order valence-electron chi connectivity index (χ2n) is 6.79. The van der Waals surface area contributed by atoms with Gasteiger partial charge < -0.3 is 25.8 Å². The fourth-order valence-electron chi connectivity index (χ4n) is 2.79. The van der Waals surface area contributed by atoms with E-state index in [-0.39, 0.29) is 18.9 Å². The maximum atomic E-state index is 12.7. The molecule has 8 nitrogen and oxygen atoms in total. The number of amides is 3. The van der Waals surface area contributed by atoms with Crippen molar-refractivity contribution >= 4 is 17.9 Å². The van der Waals surface area contributed by atoms with Gasteiger partial charge in [-0.25, -0.2) is 4.79 Å². The van der Waals surface area contributed by atoms with E-state index in [0.29, 0.717) is 0 Å². The molecule has 0 aliphatic carbocycles. The van der Waals surface area contributed by atoms with E-state index in [4.69, 9.17) is 4.74 Å². The molecule has 0 unspecified atom stereocenters. The summed E-state index contributed by atoms with van der Waals surface area (Å²) in [5, 5.41) is 17.4. The fourth-order valence-corrected chi connectivity index (χ4v) is 2.79. The highest BCUT2D eigenvalue weighted by atomic mass is 16.5. The molecule has 0 saturated carbocycles. The normalized spacial score (nSPS) is 13.4. The average Bonchev–Trinajstić information content (AvgIpc) is 2.76. The van der Waals surface area contributed by atoms with Gasteiger partial charge in [0.25, 0.3) is 0 Å². The van der Waals surface area contributed by atoms with Crippen LogP contribution < -0.4 is 16.0 Å². The molecule has 0 aliphatic heterocycles. The van der Waals surface area contributed by atoms with Crippen molar-refractivity contribution in [2.24, 2.45) is 0 Å². The maximum Gasteiger partial charge on any atom is 0.408 e. The first-order valence-electron chi connectivity index (χ1n) is 9.62. The fraction of sp³-hybridized carbons (Fsp3) is 0.318. The topological polar surface area (TPSA) is 117 Å². The summed E-state index contributed by atoms with van der Waals surface area (Å²) in [6, 6.07) is 16.1. The molecule has 3 atom stereocenters. The van der Waals surface area contributed by atoms with Crippen LogP contribution in [0.4, 0.5) is 4.79 Å². The van der Waals surface area contributed by atoms with E-state index in [9.17, 15) is 19.5 Å². The smallest absolute Gasteiger partial charge is 0.408 e. The molecule has 30 heavy (non-hydrogen) atoms. The second kappa shape index (κ2) is 11.6. The van der Waals surface area contributed by atoms with Gasteiger partial charge in [-0.1, -0.05) is 60.7 Å². The largest absolute Gasteiger partial charge is 0.445 e. The summed E-state index contributed by atoms with van der Waals surface area (Å²) in [5.41, 5.74) is 1.64. The highest BCUT2D eigenvalue weighted by Crippen LogP contribution is 2.06. The minimum atomic E-state index is -1.28. The van der Waals surface area contributed by atoms with Crippen LogP contribution in [0.25, 0.3) is 0 Å². The zero-order valence-electron chi connectivity index (χ0n) is 17.0. The van der Waals surface area contributed by atoms with Gasteiger partial charge in [-0.2, -0.15) is 0 Å². The summed E-state index contributed by atoms with van der Waals surface area (Å²) >= 11 is 0. The molecule has 0 bridgehead atoms. The van der Waals surface area contributed by atoms with Crippen LogP contribution in [0.2, 0.25) is 0 Å². The van der Waals surface area contributed by atoms with Gasteiger partial charge in [0, 0.05) is 13.5 Å². The quantitative estimate of drug-likeness (QED) is 0.492. The van der Waals surface area contributed by atoms with Crippen LogP contribution in [-0.4, -0.2) is 48.2 Å². The van der Waals surface area contributed by atoms with Gasteiger partial charge in [0.2, 0.25) is 11.8 Å². The number of benzene rings is 2. The number of aliphatic hydroxyl groups excluding tert-OH is 1. The molecule has 0 radical (unpaired) electrons. The van der Waals surface area contributed by atoms with Gasteiger partial charge in [0.1, 0.15) is 18.7 Å². The number of carbonyl (C=O) groups is 3. The SMILES string of the molecule is CNC(=O)[C@H](Cc1ccccc1)NC(=O)[C@@H](NC(=O)OCc1ccccc1)[C@@H](C)O. The molecule has 3 amide bonds. The lowest BCUT2D eigenvalue weighted by Gasteiger charge is -2.24. The number of hydrogen-bond donors (Lipinski definition) is 4. The number of aliphatic hydroxyl groups is 1. The Labute approximate surface area is 175 Å². The van der Waals surface area contributed by atoms with Crippen molar-refractivity contribution in [2.75, 3.05) is 7.05 Å². The number of likely N-dealkylation sites (N-methyl/N-ethyl adjacent to an activating group) is 1. The van der Waals surface area contributed by atoms with Crippen LogP contribution >= 0.6 is 0 Å². The summed E-state index contributed by atoms with van der Waals surface area (Å²) in [7, 11) is 1.47. The molecule has 0 spiro atoms. The van der Waals surface area contributed by atoms with Crippen LogP contribution in [0, 0.1) is 0 Å². The molecule has 0 heterocycles. The number of ether oxygens (including phenoxy) is 1. The van der Waals surface area contributed by atoms with Crippen molar-refractivity contribution in [3.63, 3.8) is 0 Å². The van der Waals surface area contributed by atoms with Gasteiger partial charge in [-0.3, -0.25) is 9.59 Å². The summed E-state index contributed by atoms with van der Waals surface area (Å²) in [5.74, 6) is -1.07. The van der Waals surface area contributed by atoms with Gasteiger partial charge in [0.05, 0.1) is 6.10 Å². The standard InChI is InChI=1S/C22H27N3O5/c1-15(26)19(25-22(29)30-14-17-11-7-4-8-12-17)21(28)24-18(20(27)23-2)13-16-9-5-3-6-10-16/h3-12,15,18-19,26H,13-14H2,1-2H3,(H,23,27)(H,24,28)(H,25,29)/t15-,18+,19+/m1/s1. The monoisotopic (exact) mass is 413 g/mol. The van der Waals surface area contributed by atoms with Crippen LogP contribution in [-0.2, 0) is 27.4 Å². The van der Waals surface area contributed by atoms with Crippen molar-refractivity contribution < 1.29 is 24.2 Å². The Morgan fingerprint density at radius 1 is 0.900 bits per heavy atom. The number of carbonyl (C=O) groups excluding carboxylic acids is 3. The summed E-state index contributed by atoms with van der Waals surface area (Å²) in [6.45, 7) is 1.39. The van der Waals surface area contributed by atoms with E-state index in [1.807, 2.05) is 48.5 Å². The van der Waals surface area contributed by atoms with E-state index in [0.717, 1.165) is 11.1 Å². The van der Waals surface area contributed by atoms with Crippen LogP contribution in [0.1, 0.15) is 18.1 Å². The van der Waals surface area contributed by atoms with Gasteiger partial charge >= 0.3 is 6.09 Å². The molecule has 0 fully saturated rings. The first-order valence-corrected chi connectivity index (χ1v) is 9.62. The first-order chi connectivity index (χ1) is 14.4. The Morgan fingerprint density at radius 2 is 1.47 bits per heavy atom. The van der Waals surface area contributed by atoms with Crippen molar-refractivity contribution in [3.8, 4) is 0 Å². The summed E-state index contributed by atoms with van der Waals surface area (Å²) < 4.78 is 5.11. The predicted molar refractivity (Wildman–Crippen MR) is 111 cm³/mol. The zero-order valence-corrected chi connectivity index (χ0v) is 17.0. The molecule has 2 aromatic rings. The maximum absolute atomic E-state index is 12.7. The second-order valence-corrected chi connectivity index (χ2v) is 6.79. The van der Waals surface area contributed by atoms with Crippen molar-refractivity contribution in [2.45, 2.75) is 38.1 Å². The summed E-state index contributed by atoms with van der Waals surface area (Å²) in [6.07, 6.45) is -1.78. The van der Waals surface area contributed by atoms with E-state index in [1.165, 1.54) is 14.0 Å². The average molecular weight is 413 g/mol. The minimum absolute atomic E-state index is 0.0235. The lowest BCUT2D eigenvalue weighted by atomic mass is 10.0. The Kier molecular flexibility index (Phi) is 8.83. The lowest BCUT2D eigenvalue weighted by molar-refractivity contribution is -0.131. The lowest BCUT2D eigenvalue weighted by Crippen LogP contribution is -2.57. The molecule has 2 rings (SSSR count). The predicted octanol–water partition coefficient (Wildman–Crippen LogP) is 1.14. The molecular weight excluding hydrogens is 386 g/mol. The number of rotatable bonds is 9. The molecule has 0 aromatic heterocycles. The Hall–Kier alpha value is -3.39. The Balaban J connectivity index is 1.99. The summed E-state index contributed by atoms with van der Waals surface area (Å²) in [4.78, 5) is 37.0. The van der Waals surface area contributed by atoms with Crippen LogP contribution in [0.5, 0.6) is 0 Å². The highest BCUT2D eigenvalue weighted by Gasteiger charge is 2.30. The first kappa shape index (κ1) is 22.9. The van der Waals surface area contributed by atoms with Gasteiger partial charge in [-0.05, 0) is 18.1 Å².